The average molecular weight is 264 g/mol. The zero-order valence-electron chi connectivity index (χ0n) is 10.6. The highest BCUT2D eigenvalue weighted by Crippen LogP contribution is 2.29. The van der Waals surface area contributed by atoms with Crippen molar-refractivity contribution in [2.75, 3.05) is 16.4 Å². The van der Waals surface area contributed by atoms with Crippen molar-refractivity contribution in [3.63, 3.8) is 0 Å². The molecule has 0 atom stereocenters. The number of fused-ring (bicyclic) bond motifs is 1. The Balaban J connectivity index is 1.87. The minimum Gasteiger partial charge on any atom is -0.397 e. The van der Waals surface area contributed by atoms with Gasteiger partial charge in [-0.15, -0.1) is 0 Å². The first-order valence-electron chi connectivity index (χ1n) is 6.15. The number of nitrogen functional groups attached to an aromatic ring is 1. The summed E-state index contributed by atoms with van der Waals surface area (Å²) in [7, 11) is 0. The maximum absolute atomic E-state index is 11.3. The van der Waals surface area contributed by atoms with Gasteiger partial charge >= 0.3 is 0 Å². The normalized spacial score (nSPS) is 12.4. The van der Waals surface area contributed by atoms with Gasteiger partial charge in [0.05, 0.1) is 29.4 Å². The number of amides is 1. The summed E-state index contributed by atoms with van der Waals surface area (Å²) in [5.41, 5.74) is 10.4. The molecular weight excluding hydrogens is 252 g/mol. The highest BCUT2D eigenvalue weighted by atomic mass is 16.1. The second-order valence-corrected chi connectivity index (χ2v) is 4.64. The van der Waals surface area contributed by atoms with E-state index in [1.807, 2.05) is 24.3 Å². The molecule has 0 radical (unpaired) electrons. The van der Waals surface area contributed by atoms with Gasteiger partial charge in [0.1, 0.15) is 0 Å². The maximum Gasteiger partial charge on any atom is 0.228 e. The standard InChI is InChI=1S/C15H12N4O/c16-8-9-1-3-14(12(17)5-9)18-11-2-4-13-10(6-11)7-15(20)19-13/h1-6,18H,7,17H2,(H,19,20). The highest BCUT2D eigenvalue weighted by molar-refractivity contribution is 5.99. The van der Waals surface area contributed by atoms with E-state index in [0.29, 0.717) is 17.7 Å². The van der Waals surface area contributed by atoms with Crippen molar-refractivity contribution >= 4 is 28.7 Å². The van der Waals surface area contributed by atoms with Gasteiger partial charge in [0.2, 0.25) is 5.91 Å². The molecule has 0 fully saturated rings. The van der Waals surface area contributed by atoms with Crippen LogP contribution < -0.4 is 16.4 Å². The summed E-state index contributed by atoms with van der Waals surface area (Å²) in [5, 5.41) is 14.8. The molecule has 1 amide bonds. The molecule has 0 spiro atoms. The third-order valence-corrected chi connectivity index (χ3v) is 3.19. The van der Waals surface area contributed by atoms with Gasteiger partial charge in [0, 0.05) is 11.4 Å². The summed E-state index contributed by atoms with van der Waals surface area (Å²) in [6.45, 7) is 0. The molecule has 5 heteroatoms. The molecule has 0 unspecified atom stereocenters. The molecule has 0 saturated heterocycles. The van der Waals surface area contributed by atoms with Gasteiger partial charge in [-0.05, 0) is 42.0 Å². The van der Waals surface area contributed by atoms with Crippen LogP contribution in [0.5, 0.6) is 0 Å². The summed E-state index contributed by atoms with van der Waals surface area (Å²) in [4.78, 5) is 11.3. The number of hydrogen-bond donors (Lipinski definition) is 3. The second-order valence-electron chi connectivity index (χ2n) is 4.64. The number of anilines is 4. The summed E-state index contributed by atoms with van der Waals surface area (Å²) >= 11 is 0. The number of nitriles is 1. The third kappa shape index (κ3) is 2.15. The van der Waals surface area contributed by atoms with Gasteiger partial charge in [0.15, 0.2) is 0 Å². The third-order valence-electron chi connectivity index (χ3n) is 3.19. The molecule has 0 bridgehead atoms. The van der Waals surface area contributed by atoms with Gasteiger partial charge in [-0.25, -0.2) is 0 Å². The molecular formula is C15H12N4O. The van der Waals surface area contributed by atoms with Crippen molar-refractivity contribution in [3.05, 3.63) is 47.5 Å². The molecule has 3 rings (SSSR count). The second kappa shape index (κ2) is 4.59. The predicted octanol–water partition coefficient (Wildman–Crippen LogP) is 2.38. The zero-order valence-corrected chi connectivity index (χ0v) is 10.6. The molecule has 1 heterocycles. The van der Waals surface area contributed by atoms with E-state index in [9.17, 15) is 4.79 Å². The van der Waals surface area contributed by atoms with Crippen LogP contribution in [-0.2, 0) is 11.2 Å². The van der Waals surface area contributed by atoms with Crippen molar-refractivity contribution in [2.24, 2.45) is 0 Å². The molecule has 0 aliphatic carbocycles. The fourth-order valence-corrected chi connectivity index (χ4v) is 2.21. The van der Waals surface area contributed by atoms with Crippen LogP contribution in [0.25, 0.3) is 0 Å². The monoisotopic (exact) mass is 264 g/mol. The first kappa shape index (κ1) is 12.1. The zero-order chi connectivity index (χ0) is 14.1. The van der Waals surface area contributed by atoms with Gasteiger partial charge in [-0.1, -0.05) is 0 Å². The van der Waals surface area contributed by atoms with Crippen LogP contribution >= 0.6 is 0 Å². The van der Waals surface area contributed by atoms with Crippen LogP contribution in [0.1, 0.15) is 11.1 Å². The van der Waals surface area contributed by atoms with Crippen LogP contribution in [0.3, 0.4) is 0 Å². The van der Waals surface area contributed by atoms with E-state index in [1.54, 1.807) is 18.2 Å². The van der Waals surface area contributed by atoms with Crippen molar-refractivity contribution in [1.82, 2.24) is 0 Å². The Bertz CT molecular complexity index is 746. The molecule has 2 aromatic rings. The number of carbonyl (C=O) groups is 1. The van der Waals surface area contributed by atoms with Crippen LogP contribution in [0.15, 0.2) is 36.4 Å². The average Bonchev–Trinajstić information content (AvgIpc) is 2.80. The lowest BCUT2D eigenvalue weighted by Crippen LogP contribution is -2.03. The quantitative estimate of drug-likeness (QED) is 0.726. The Kier molecular flexibility index (Phi) is 2.77. The first-order chi connectivity index (χ1) is 9.65. The minimum absolute atomic E-state index is 0.00929. The number of benzene rings is 2. The van der Waals surface area contributed by atoms with E-state index in [0.717, 1.165) is 22.6 Å². The summed E-state index contributed by atoms with van der Waals surface area (Å²) in [6, 6.07) is 12.8. The summed E-state index contributed by atoms with van der Waals surface area (Å²) in [6.07, 6.45) is 0.397. The van der Waals surface area contributed by atoms with Crippen molar-refractivity contribution < 1.29 is 4.79 Å². The van der Waals surface area contributed by atoms with Gasteiger partial charge in [-0.2, -0.15) is 5.26 Å². The largest absolute Gasteiger partial charge is 0.397 e. The van der Waals surface area contributed by atoms with E-state index >= 15 is 0 Å². The number of nitrogens with two attached hydrogens (primary N) is 1. The Morgan fingerprint density at radius 2 is 2.10 bits per heavy atom. The molecule has 0 aromatic heterocycles. The maximum atomic E-state index is 11.3. The lowest BCUT2D eigenvalue weighted by atomic mass is 10.1. The minimum atomic E-state index is 0.00929. The number of hydrogen-bond acceptors (Lipinski definition) is 4. The van der Waals surface area contributed by atoms with Crippen molar-refractivity contribution in [1.29, 1.82) is 5.26 Å². The number of nitrogens with zero attached hydrogens (tertiary/aromatic N) is 1. The van der Waals surface area contributed by atoms with Crippen LogP contribution in [0.4, 0.5) is 22.7 Å². The molecule has 1 aliphatic rings. The van der Waals surface area contributed by atoms with Gasteiger partial charge in [0.25, 0.3) is 0 Å². The van der Waals surface area contributed by atoms with Crippen LogP contribution in [0, 0.1) is 11.3 Å². The summed E-state index contributed by atoms with van der Waals surface area (Å²) < 4.78 is 0. The molecule has 0 saturated carbocycles. The number of carbonyl (C=O) groups excluding carboxylic acids is 1. The van der Waals surface area contributed by atoms with Gasteiger partial charge < -0.3 is 16.4 Å². The van der Waals surface area contributed by atoms with Gasteiger partial charge in [-0.3, -0.25) is 4.79 Å². The highest BCUT2D eigenvalue weighted by Gasteiger charge is 2.17. The molecule has 2 aromatic carbocycles. The first-order valence-corrected chi connectivity index (χ1v) is 6.15. The Morgan fingerprint density at radius 3 is 2.85 bits per heavy atom. The topological polar surface area (TPSA) is 90.9 Å². The Labute approximate surface area is 116 Å². The summed E-state index contributed by atoms with van der Waals surface area (Å²) in [5.74, 6) is 0.00929. The van der Waals surface area contributed by atoms with Crippen molar-refractivity contribution in [3.8, 4) is 6.07 Å². The number of nitrogens with one attached hydrogen (secondary N) is 2. The van der Waals surface area contributed by atoms with Crippen LogP contribution in [-0.4, -0.2) is 5.91 Å². The van der Waals surface area contributed by atoms with E-state index in [-0.39, 0.29) is 5.91 Å². The fourth-order valence-electron chi connectivity index (χ4n) is 2.21. The molecule has 20 heavy (non-hydrogen) atoms. The smallest absolute Gasteiger partial charge is 0.228 e. The molecule has 5 nitrogen and oxygen atoms in total. The molecule has 4 N–H and O–H groups in total. The Hall–Kier alpha value is -3.00. The SMILES string of the molecule is N#Cc1ccc(Nc2ccc3c(c2)CC(=O)N3)c(N)c1. The van der Waals surface area contributed by atoms with E-state index in [4.69, 9.17) is 11.0 Å². The lowest BCUT2D eigenvalue weighted by Gasteiger charge is -2.10. The van der Waals surface area contributed by atoms with E-state index in [1.165, 1.54) is 0 Å². The van der Waals surface area contributed by atoms with E-state index in [2.05, 4.69) is 10.6 Å². The van der Waals surface area contributed by atoms with Crippen molar-refractivity contribution in [2.45, 2.75) is 6.42 Å². The van der Waals surface area contributed by atoms with E-state index < -0.39 is 0 Å². The van der Waals surface area contributed by atoms with Crippen LogP contribution in [0.2, 0.25) is 0 Å². The predicted molar refractivity (Wildman–Crippen MR) is 77.6 cm³/mol. The Morgan fingerprint density at radius 1 is 1.25 bits per heavy atom. The molecule has 1 aliphatic heterocycles. The fraction of sp³-hybridized carbons (Fsp3) is 0.0667. The molecule has 98 valence electrons. The lowest BCUT2D eigenvalue weighted by molar-refractivity contribution is -0.115. The number of rotatable bonds is 2.